The summed E-state index contributed by atoms with van der Waals surface area (Å²) in [6, 6.07) is 15.5. The zero-order chi connectivity index (χ0) is 27.0. The molecule has 2 aliphatic heterocycles. The maximum atomic E-state index is 13.0. The van der Waals surface area contributed by atoms with Crippen LogP contribution in [0.2, 0.25) is 0 Å². The molecule has 2 aromatic heterocycles. The van der Waals surface area contributed by atoms with Gasteiger partial charge in [-0.3, -0.25) is 4.31 Å². The van der Waals surface area contributed by atoms with Crippen LogP contribution >= 0.6 is 0 Å². The van der Waals surface area contributed by atoms with Crippen molar-refractivity contribution in [3.63, 3.8) is 0 Å². The summed E-state index contributed by atoms with van der Waals surface area (Å²) >= 11 is 0. The molecule has 2 N–H and O–H groups in total. The number of aryl methyl sites for hydroxylation is 1. The minimum atomic E-state index is -3.39. The second-order valence-corrected chi connectivity index (χ2v) is 12.5. The number of benzene rings is 2. The van der Waals surface area contributed by atoms with Crippen LogP contribution in [0.4, 0.5) is 11.6 Å². The van der Waals surface area contributed by atoms with Crippen molar-refractivity contribution in [2.75, 3.05) is 29.3 Å². The number of rotatable bonds is 6. The molecule has 0 spiro atoms. The fourth-order valence-corrected chi connectivity index (χ4v) is 6.96. The number of nitrogens with zero attached hydrogens (tertiary/aromatic N) is 4. The number of nitrogens with one attached hydrogen (secondary N) is 2. The number of ether oxygens (including phenoxy) is 1. The summed E-state index contributed by atoms with van der Waals surface area (Å²) in [6.07, 6.45) is 6.23. The maximum absolute atomic E-state index is 13.0. The first-order valence-electron chi connectivity index (χ1n) is 13.4. The molecule has 0 radical (unpaired) electrons. The van der Waals surface area contributed by atoms with Crippen LogP contribution in [0.15, 0.2) is 60.9 Å². The second kappa shape index (κ2) is 10.4. The van der Waals surface area contributed by atoms with Crippen molar-refractivity contribution in [3.8, 4) is 22.9 Å². The summed E-state index contributed by atoms with van der Waals surface area (Å²) in [6.45, 7) is 6.13. The highest BCUT2D eigenvalue weighted by Crippen LogP contribution is 2.41. The Kier molecular flexibility index (Phi) is 6.82. The Balaban J connectivity index is 1.36. The molecule has 0 amide bonds. The maximum Gasteiger partial charge on any atom is 0.237 e. The standard InChI is InChI=1S/C29H32N6O3S/c1-19-10-11-22-23(7-3-9-26(22)35-17-13-20(2)39(35,36)37)27(19)38-28-24(8-5-15-31-28)25-12-16-32-29(34-25)33-21-6-4-14-30-18-21/h3,5,7-12,15-16,20-21,30H,4,6,13-14,17-18H2,1-2H3,(H,32,33,34)/t20?,21-/m0/s1. The molecular formula is C29H32N6O3S. The van der Waals surface area contributed by atoms with E-state index in [0.717, 1.165) is 47.8 Å². The largest absolute Gasteiger partial charge is 0.437 e. The zero-order valence-electron chi connectivity index (χ0n) is 22.1. The number of fused-ring (bicyclic) bond motifs is 1. The number of anilines is 2. The van der Waals surface area contributed by atoms with Gasteiger partial charge in [0.05, 0.1) is 22.2 Å². The Morgan fingerprint density at radius 2 is 1.92 bits per heavy atom. The Bertz CT molecular complexity index is 1620. The predicted molar refractivity (Wildman–Crippen MR) is 154 cm³/mol. The number of hydrogen-bond acceptors (Lipinski definition) is 8. The molecule has 2 fully saturated rings. The van der Waals surface area contributed by atoms with Crippen molar-refractivity contribution in [2.24, 2.45) is 0 Å². The highest BCUT2D eigenvalue weighted by molar-refractivity contribution is 7.93. The predicted octanol–water partition coefficient (Wildman–Crippen LogP) is 4.88. The number of pyridine rings is 1. The zero-order valence-corrected chi connectivity index (χ0v) is 22.9. The Morgan fingerprint density at radius 1 is 1.03 bits per heavy atom. The quantitative estimate of drug-likeness (QED) is 0.353. The monoisotopic (exact) mass is 544 g/mol. The lowest BCUT2D eigenvalue weighted by atomic mass is 10.0. The average Bonchev–Trinajstić information content (AvgIpc) is 3.22. The Labute approximate surface area is 228 Å². The lowest BCUT2D eigenvalue weighted by Crippen LogP contribution is -2.38. The molecule has 202 valence electrons. The average molecular weight is 545 g/mol. The topological polar surface area (TPSA) is 109 Å². The van der Waals surface area contributed by atoms with E-state index in [1.807, 2.05) is 55.5 Å². The van der Waals surface area contributed by atoms with Crippen LogP contribution in [0, 0.1) is 6.92 Å². The first-order valence-corrected chi connectivity index (χ1v) is 14.9. The van der Waals surface area contributed by atoms with Crippen LogP contribution < -0.4 is 19.7 Å². The number of aromatic nitrogens is 3. The van der Waals surface area contributed by atoms with Gasteiger partial charge >= 0.3 is 0 Å². The van der Waals surface area contributed by atoms with Crippen LogP contribution in [0.5, 0.6) is 11.6 Å². The van der Waals surface area contributed by atoms with Crippen LogP contribution in [0.1, 0.15) is 31.7 Å². The molecular weight excluding hydrogens is 512 g/mol. The molecule has 2 saturated heterocycles. The van der Waals surface area contributed by atoms with E-state index in [4.69, 9.17) is 9.72 Å². The molecule has 2 atom stereocenters. The van der Waals surface area contributed by atoms with E-state index in [1.165, 1.54) is 4.31 Å². The van der Waals surface area contributed by atoms with Gasteiger partial charge in [0.1, 0.15) is 5.75 Å². The van der Waals surface area contributed by atoms with Gasteiger partial charge in [-0.05, 0) is 69.5 Å². The number of hydrogen-bond donors (Lipinski definition) is 2. The van der Waals surface area contributed by atoms with Crippen LogP contribution in [-0.4, -0.2) is 54.3 Å². The van der Waals surface area contributed by atoms with Crippen molar-refractivity contribution >= 4 is 32.4 Å². The molecule has 9 nitrogen and oxygen atoms in total. The van der Waals surface area contributed by atoms with Crippen molar-refractivity contribution in [1.29, 1.82) is 0 Å². The molecule has 0 bridgehead atoms. The van der Waals surface area contributed by atoms with E-state index in [-0.39, 0.29) is 6.04 Å². The van der Waals surface area contributed by atoms with Crippen LogP contribution in [-0.2, 0) is 10.0 Å². The van der Waals surface area contributed by atoms with Gasteiger partial charge in [-0.2, -0.15) is 0 Å². The number of piperidine rings is 1. The fraction of sp³-hybridized carbons (Fsp3) is 0.345. The molecule has 10 heteroatoms. The molecule has 2 aliphatic rings. The molecule has 4 aromatic rings. The van der Waals surface area contributed by atoms with Gasteiger partial charge in [0, 0.05) is 42.3 Å². The molecule has 0 saturated carbocycles. The van der Waals surface area contributed by atoms with Gasteiger partial charge < -0.3 is 15.4 Å². The normalized spacial score (nSPS) is 20.7. The third-order valence-corrected chi connectivity index (χ3v) is 9.79. The van der Waals surface area contributed by atoms with E-state index >= 15 is 0 Å². The fourth-order valence-electron chi connectivity index (χ4n) is 5.33. The molecule has 1 unspecified atom stereocenters. The lowest BCUT2D eigenvalue weighted by molar-refractivity contribution is 0.466. The van der Waals surface area contributed by atoms with Crippen LogP contribution in [0.3, 0.4) is 0 Å². The molecule has 39 heavy (non-hydrogen) atoms. The molecule has 6 rings (SSSR count). The summed E-state index contributed by atoms with van der Waals surface area (Å²) in [5.41, 5.74) is 3.04. The van der Waals surface area contributed by atoms with Crippen molar-refractivity contribution in [1.82, 2.24) is 20.3 Å². The molecule has 4 heterocycles. The Morgan fingerprint density at radius 3 is 2.72 bits per heavy atom. The van der Waals surface area contributed by atoms with Gasteiger partial charge in [-0.1, -0.05) is 24.3 Å². The van der Waals surface area contributed by atoms with Crippen molar-refractivity contribution < 1.29 is 13.2 Å². The first-order chi connectivity index (χ1) is 18.9. The van der Waals surface area contributed by atoms with E-state index in [1.54, 1.807) is 19.3 Å². The SMILES string of the molecule is Cc1ccc2c(N3CCC(C)S3(=O)=O)cccc2c1Oc1ncccc1-c1ccnc(N[C@H]2CCCNC2)n1. The third-order valence-electron chi connectivity index (χ3n) is 7.54. The minimum Gasteiger partial charge on any atom is -0.437 e. The van der Waals surface area contributed by atoms with Gasteiger partial charge in [-0.25, -0.2) is 23.4 Å². The molecule has 0 aliphatic carbocycles. The highest BCUT2D eigenvalue weighted by atomic mass is 32.2. The smallest absolute Gasteiger partial charge is 0.237 e. The van der Waals surface area contributed by atoms with Crippen molar-refractivity contribution in [2.45, 2.75) is 44.4 Å². The summed E-state index contributed by atoms with van der Waals surface area (Å²) in [7, 11) is -3.39. The van der Waals surface area contributed by atoms with Gasteiger partial charge in [0.15, 0.2) is 0 Å². The van der Waals surface area contributed by atoms with Crippen molar-refractivity contribution in [3.05, 3.63) is 66.5 Å². The van der Waals surface area contributed by atoms with E-state index in [9.17, 15) is 8.42 Å². The summed E-state index contributed by atoms with van der Waals surface area (Å²) in [5.74, 6) is 1.63. The van der Waals surface area contributed by atoms with Gasteiger partial charge in [0.25, 0.3) is 0 Å². The van der Waals surface area contributed by atoms with E-state index < -0.39 is 15.3 Å². The van der Waals surface area contributed by atoms with E-state index in [2.05, 4.69) is 20.6 Å². The lowest BCUT2D eigenvalue weighted by Gasteiger charge is -2.23. The number of sulfonamides is 1. The minimum absolute atomic E-state index is 0.286. The third kappa shape index (κ3) is 4.90. The summed E-state index contributed by atoms with van der Waals surface area (Å²) in [5, 5.41) is 8.09. The summed E-state index contributed by atoms with van der Waals surface area (Å²) in [4.78, 5) is 13.8. The van der Waals surface area contributed by atoms with E-state index in [0.29, 0.717) is 41.9 Å². The second-order valence-electron chi connectivity index (χ2n) is 10.2. The van der Waals surface area contributed by atoms with Gasteiger partial charge in [0.2, 0.25) is 21.9 Å². The van der Waals surface area contributed by atoms with Gasteiger partial charge in [-0.15, -0.1) is 0 Å². The summed E-state index contributed by atoms with van der Waals surface area (Å²) < 4.78 is 34.0. The Hall–Kier alpha value is -3.76. The highest BCUT2D eigenvalue weighted by Gasteiger charge is 2.36. The first kappa shape index (κ1) is 25.5. The van der Waals surface area contributed by atoms with Crippen LogP contribution in [0.25, 0.3) is 22.0 Å². The molecule has 2 aromatic carbocycles.